The van der Waals surface area contributed by atoms with E-state index in [0.717, 1.165) is 19.0 Å². The van der Waals surface area contributed by atoms with Crippen molar-refractivity contribution >= 4 is 24.4 Å². The summed E-state index contributed by atoms with van der Waals surface area (Å²) >= 11 is 6.18. The lowest BCUT2D eigenvalue weighted by Crippen LogP contribution is -2.33. The van der Waals surface area contributed by atoms with Gasteiger partial charge in [-0.3, -0.25) is 0 Å². The van der Waals surface area contributed by atoms with Crippen molar-refractivity contribution in [2.45, 2.75) is 55.5 Å². The van der Waals surface area contributed by atoms with Crippen LogP contribution in [0, 0.1) is 0 Å². The Kier molecular flexibility index (Phi) is 8.11. The average molecular weight is 387 g/mol. The van der Waals surface area contributed by atoms with E-state index in [1.54, 1.807) is 0 Å². The topological polar surface area (TPSA) is 36.9 Å². The second kappa shape index (κ2) is 9.62. The molecule has 0 atom stereocenters. The third-order valence-electron chi connectivity index (χ3n) is 3.84. The summed E-state index contributed by atoms with van der Waals surface area (Å²) in [6.45, 7) is 11.2. The second-order valence-corrected chi connectivity index (χ2v) is 9.96. The van der Waals surface area contributed by atoms with Crippen LogP contribution in [0.25, 0.3) is 0 Å². The highest BCUT2D eigenvalue weighted by atomic mass is 32.2. The Hall–Kier alpha value is -0.240. The smallest absolute Gasteiger partial charge is 0.171 e. The predicted octanol–water partition coefficient (Wildman–Crippen LogP) is 4.14. The lowest BCUT2D eigenvalue weighted by atomic mass is 10.2. The minimum atomic E-state index is -0.170. The maximum atomic E-state index is 5.56. The van der Waals surface area contributed by atoms with Gasteiger partial charge in [0, 0.05) is 5.75 Å². The van der Waals surface area contributed by atoms with E-state index in [0.29, 0.717) is 13.2 Å². The number of benzene rings is 1. The summed E-state index contributed by atoms with van der Waals surface area (Å²) in [5.74, 6) is 0.997. The molecule has 0 aromatic heterocycles. The first kappa shape index (κ1) is 21.1. The Morgan fingerprint density at radius 1 is 0.880 bits per heavy atom. The van der Waals surface area contributed by atoms with Crippen LogP contribution in [-0.2, 0) is 24.7 Å². The van der Waals surface area contributed by atoms with Crippen LogP contribution in [0.5, 0.6) is 0 Å². The van der Waals surface area contributed by atoms with E-state index in [4.69, 9.17) is 18.9 Å². The Morgan fingerprint density at radius 2 is 1.36 bits per heavy atom. The van der Waals surface area contributed by atoms with Gasteiger partial charge >= 0.3 is 0 Å². The molecule has 2 aliphatic rings. The monoisotopic (exact) mass is 386 g/mol. The van der Waals surface area contributed by atoms with Gasteiger partial charge in [-0.15, -0.1) is 11.8 Å². The summed E-state index contributed by atoms with van der Waals surface area (Å²) < 4.78 is 21.4. The largest absolute Gasteiger partial charge is 0.349 e. The molecule has 0 aliphatic carbocycles. The number of rotatable bonds is 5. The van der Waals surface area contributed by atoms with Crippen molar-refractivity contribution in [2.75, 3.05) is 26.4 Å². The number of hydrogen-bond donors (Lipinski definition) is 1. The second-order valence-electron chi connectivity index (χ2n) is 7.18. The Balaban J connectivity index is 0.000000212. The quantitative estimate of drug-likeness (QED) is 0.770. The molecule has 2 saturated heterocycles. The highest BCUT2D eigenvalue weighted by Gasteiger charge is 2.34. The summed E-state index contributed by atoms with van der Waals surface area (Å²) in [5, 5.41) is 0. The summed E-state index contributed by atoms with van der Waals surface area (Å²) in [5.41, 5.74) is 1.35. The molecule has 0 spiro atoms. The Bertz CT molecular complexity index is 490. The summed E-state index contributed by atoms with van der Waals surface area (Å²) in [7, 11) is 0. The molecule has 142 valence electrons. The van der Waals surface area contributed by atoms with Gasteiger partial charge in [0.25, 0.3) is 0 Å². The summed E-state index contributed by atoms with van der Waals surface area (Å²) in [4.78, 5) is 0. The molecule has 25 heavy (non-hydrogen) atoms. The maximum Gasteiger partial charge on any atom is 0.171 e. The highest BCUT2D eigenvalue weighted by Crippen LogP contribution is 2.34. The van der Waals surface area contributed by atoms with E-state index in [9.17, 15) is 0 Å². The van der Waals surface area contributed by atoms with E-state index in [-0.39, 0.29) is 22.1 Å². The molecule has 2 heterocycles. The number of thiol groups is 1. The van der Waals surface area contributed by atoms with E-state index in [1.165, 1.54) is 5.56 Å². The molecule has 0 unspecified atom stereocenters. The molecular formula is C19H30O4S2. The zero-order valence-electron chi connectivity index (χ0n) is 15.6. The molecule has 1 aromatic rings. The molecular weight excluding hydrogens is 356 g/mol. The van der Waals surface area contributed by atoms with Crippen LogP contribution < -0.4 is 0 Å². The first-order chi connectivity index (χ1) is 11.8. The fourth-order valence-electron chi connectivity index (χ4n) is 2.44. The minimum Gasteiger partial charge on any atom is -0.349 e. The van der Waals surface area contributed by atoms with Crippen LogP contribution in [0.2, 0.25) is 0 Å². The molecule has 2 aliphatic heterocycles. The van der Waals surface area contributed by atoms with Crippen molar-refractivity contribution in [3.63, 3.8) is 0 Å². The van der Waals surface area contributed by atoms with Crippen molar-refractivity contribution in [1.29, 1.82) is 0 Å². The van der Waals surface area contributed by atoms with Gasteiger partial charge in [0.05, 0.1) is 35.9 Å². The molecule has 0 bridgehead atoms. The van der Waals surface area contributed by atoms with Gasteiger partial charge in [0.15, 0.2) is 12.6 Å². The van der Waals surface area contributed by atoms with Crippen molar-refractivity contribution in [3.8, 4) is 0 Å². The van der Waals surface area contributed by atoms with Gasteiger partial charge < -0.3 is 18.9 Å². The summed E-state index contributed by atoms with van der Waals surface area (Å²) in [6.07, 6.45) is -0.193. The van der Waals surface area contributed by atoms with Gasteiger partial charge in [-0.05, 0) is 33.3 Å². The average Bonchev–Trinajstić information content (AvgIpc) is 3.27. The fourth-order valence-corrected chi connectivity index (χ4v) is 3.59. The van der Waals surface area contributed by atoms with Crippen molar-refractivity contribution in [2.24, 2.45) is 0 Å². The van der Waals surface area contributed by atoms with Crippen LogP contribution >= 0.6 is 24.4 Å². The van der Waals surface area contributed by atoms with Gasteiger partial charge in [-0.25, -0.2) is 0 Å². The summed E-state index contributed by atoms with van der Waals surface area (Å²) in [6, 6.07) is 10.5. The molecule has 0 saturated carbocycles. The van der Waals surface area contributed by atoms with E-state index in [2.05, 4.69) is 50.7 Å². The highest BCUT2D eigenvalue weighted by molar-refractivity contribution is 7.99. The molecule has 4 nitrogen and oxygen atoms in total. The van der Waals surface area contributed by atoms with E-state index in [1.807, 2.05) is 31.7 Å². The standard InChI is InChI=1S/C13H18O2S.C6H12O2S/c1-13(2,12-14-8-9-15-12)16-10-11-6-4-3-5-7-11;1-6(2,9)5-7-3-4-8-5/h3-7,12H,8-10H2,1-2H3;5,9H,3-4H2,1-2H3. The zero-order chi connectivity index (χ0) is 18.3. The molecule has 0 amide bonds. The molecule has 0 N–H and O–H groups in total. The fraction of sp³-hybridized carbons (Fsp3) is 0.684. The van der Waals surface area contributed by atoms with Gasteiger partial charge in [0.2, 0.25) is 0 Å². The van der Waals surface area contributed by atoms with E-state index >= 15 is 0 Å². The van der Waals surface area contributed by atoms with Gasteiger partial charge in [-0.1, -0.05) is 30.3 Å². The lowest BCUT2D eigenvalue weighted by Gasteiger charge is -2.29. The number of ether oxygens (including phenoxy) is 4. The van der Waals surface area contributed by atoms with Gasteiger partial charge in [0.1, 0.15) is 0 Å². The number of thioether (sulfide) groups is 1. The first-order valence-electron chi connectivity index (χ1n) is 8.66. The Labute approximate surface area is 161 Å². The predicted molar refractivity (Wildman–Crippen MR) is 106 cm³/mol. The molecule has 0 radical (unpaired) electrons. The van der Waals surface area contributed by atoms with Crippen molar-refractivity contribution < 1.29 is 18.9 Å². The molecule has 2 fully saturated rings. The molecule has 1 aromatic carbocycles. The van der Waals surface area contributed by atoms with Crippen molar-refractivity contribution in [3.05, 3.63) is 35.9 Å². The first-order valence-corrected chi connectivity index (χ1v) is 10.1. The molecule has 6 heteroatoms. The van der Waals surface area contributed by atoms with E-state index < -0.39 is 0 Å². The van der Waals surface area contributed by atoms with Crippen LogP contribution in [0.1, 0.15) is 33.3 Å². The third kappa shape index (κ3) is 7.12. The normalized spacial score (nSPS) is 19.7. The van der Waals surface area contributed by atoms with Crippen molar-refractivity contribution in [1.82, 2.24) is 0 Å². The number of hydrogen-bond acceptors (Lipinski definition) is 6. The lowest BCUT2D eigenvalue weighted by molar-refractivity contribution is -0.0613. The van der Waals surface area contributed by atoms with Crippen LogP contribution in [0.4, 0.5) is 0 Å². The minimum absolute atomic E-state index is 0.00629. The van der Waals surface area contributed by atoms with Gasteiger partial charge in [-0.2, -0.15) is 12.6 Å². The molecule has 3 rings (SSSR count). The Morgan fingerprint density at radius 3 is 1.80 bits per heavy atom. The third-order valence-corrected chi connectivity index (χ3v) is 5.47. The zero-order valence-corrected chi connectivity index (χ0v) is 17.3. The van der Waals surface area contributed by atoms with Crippen LogP contribution in [0.3, 0.4) is 0 Å². The SMILES string of the molecule is CC(C)(S)C1OCCO1.CC(C)(SCc1ccccc1)C1OCCO1. The van der Waals surface area contributed by atoms with Crippen LogP contribution in [0.15, 0.2) is 30.3 Å². The maximum absolute atomic E-state index is 5.56. The van der Waals surface area contributed by atoms with Crippen LogP contribution in [-0.4, -0.2) is 48.5 Å².